The molecule has 98 valence electrons. The molecular formula is C10H18N2O3S2. The fraction of sp³-hybridized carbons (Fsp3) is 0.600. The van der Waals surface area contributed by atoms with Crippen LogP contribution in [0.1, 0.15) is 16.7 Å². The summed E-state index contributed by atoms with van der Waals surface area (Å²) >= 11 is 1.41. The molecule has 7 heteroatoms. The molecule has 0 bridgehead atoms. The monoisotopic (exact) mass is 278 g/mol. The van der Waals surface area contributed by atoms with Crippen LogP contribution in [0.5, 0.6) is 0 Å². The van der Waals surface area contributed by atoms with Gasteiger partial charge in [-0.1, -0.05) is 0 Å². The maximum absolute atomic E-state index is 12.1. The van der Waals surface area contributed by atoms with E-state index in [1.165, 1.54) is 18.4 Å². The van der Waals surface area contributed by atoms with E-state index in [-0.39, 0.29) is 6.04 Å². The van der Waals surface area contributed by atoms with Crippen LogP contribution in [0, 0.1) is 6.92 Å². The molecule has 0 aromatic carbocycles. The third-order valence-electron chi connectivity index (χ3n) is 2.19. The van der Waals surface area contributed by atoms with Crippen LogP contribution in [-0.2, 0) is 21.3 Å². The summed E-state index contributed by atoms with van der Waals surface area (Å²) in [6, 6.07) is 1.37. The number of thiophene rings is 1. The average Bonchev–Trinajstić information content (AvgIpc) is 2.60. The van der Waals surface area contributed by atoms with Crippen molar-refractivity contribution < 1.29 is 13.2 Å². The summed E-state index contributed by atoms with van der Waals surface area (Å²) in [6.07, 6.45) is 0. The summed E-state index contributed by atoms with van der Waals surface area (Å²) < 4.78 is 31.6. The van der Waals surface area contributed by atoms with Gasteiger partial charge in [0, 0.05) is 29.5 Å². The van der Waals surface area contributed by atoms with Gasteiger partial charge in [-0.05, 0) is 19.9 Å². The van der Waals surface area contributed by atoms with Crippen molar-refractivity contribution in [2.45, 2.75) is 31.3 Å². The molecule has 0 aliphatic rings. The number of nitrogens with one attached hydrogen (secondary N) is 1. The molecule has 0 saturated carbocycles. The largest absolute Gasteiger partial charge is 0.383 e. The lowest BCUT2D eigenvalue weighted by Gasteiger charge is -2.12. The first-order chi connectivity index (χ1) is 7.90. The van der Waals surface area contributed by atoms with E-state index in [9.17, 15) is 8.42 Å². The van der Waals surface area contributed by atoms with Crippen molar-refractivity contribution in [1.29, 1.82) is 0 Å². The van der Waals surface area contributed by atoms with Gasteiger partial charge in [-0.25, -0.2) is 13.1 Å². The average molecular weight is 278 g/mol. The maximum atomic E-state index is 12.1. The zero-order valence-corrected chi connectivity index (χ0v) is 11.8. The van der Waals surface area contributed by atoms with Crippen molar-refractivity contribution in [3.05, 3.63) is 15.8 Å². The summed E-state index contributed by atoms with van der Waals surface area (Å²) in [7, 11) is -1.94. The molecule has 0 fully saturated rings. The quantitative estimate of drug-likeness (QED) is 0.807. The molecule has 1 rings (SSSR count). The Bertz CT molecular complexity index is 468. The predicted molar refractivity (Wildman–Crippen MR) is 68.6 cm³/mol. The molecule has 0 amide bonds. The Morgan fingerprint density at radius 1 is 1.59 bits per heavy atom. The van der Waals surface area contributed by atoms with E-state index in [0.717, 1.165) is 9.75 Å². The molecule has 0 aliphatic heterocycles. The highest BCUT2D eigenvalue weighted by molar-refractivity contribution is 7.89. The van der Waals surface area contributed by atoms with Crippen LogP contribution < -0.4 is 10.5 Å². The Kier molecular flexibility index (Phi) is 5.08. The van der Waals surface area contributed by atoms with Gasteiger partial charge in [-0.15, -0.1) is 11.3 Å². The fourth-order valence-corrected chi connectivity index (χ4v) is 4.25. The Morgan fingerprint density at radius 3 is 2.71 bits per heavy atom. The first-order valence-electron chi connectivity index (χ1n) is 5.21. The van der Waals surface area contributed by atoms with E-state index in [1.54, 1.807) is 19.9 Å². The number of sulfonamides is 1. The van der Waals surface area contributed by atoms with E-state index in [0.29, 0.717) is 18.0 Å². The molecular weight excluding hydrogens is 260 g/mol. The van der Waals surface area contributed by atoms with Gasteiger partial charge in [0.2, 0.25) is 10.0 Å². The summed E-state index contributed by atoms with van der Waals surface area (Å²) in [5, 5.41) is 0. The van der Waals surface area contributed by atoms with E-state index >= 15 is 0 Å². The normalized spacial score (nSPS) is 13.9. The van der Waals surface area contributed by atoms with Gasteiger partial charge in [0.05, 0.1) is 11.5 Å². The molecule has 0 radical (unpaired) electrons. The topological polar surface area (TPSA) is 81.4 Å². The number of aryl methyl sites for hydroxylation is 1. The van der Waals surface area contributed by atoms with E-state index in [2.05, 4.69) is 4.72 Å². The van der Waals surface area contributed by atoms with Gasteiger partial charge < -0.3 is 10.5 Å². The second-order valence-electron chi connectivity index (χ2n) is 3.81. The van der Waals surface area contributed by atoms with Gasteiger partial charge >= 0.3 is 0 Å². The minimum atomic E-state index is -3.48. The van der Waals surface area contributed by atoms with Crippen LogP contribution >= 0.6 is 11.3 Å². The van der Waals surface area contributed by atoms with Crippen molar-refractivity contribution in [3.63, 3.8) is 0 Å². The molecule has 1 atom stereocenters. The van der Waals surface area contributed by atoms with Crippen molar-refractivity contribution in [3.8, 4) is 0 Å². The SMILES string of the molecule is COCC(C)NS(=O)(=O)c1cc(CN)sc1C. The van der Waals surface area contributed by atoms with Gasteiger partial charge in [0.25, 0.3) is 0 Å². The standard InChI is InChI=1S/C10H18N2O3S2/c1-7(6-15-3)12-17(13,14)10-4-9(5-11)16-8(10)2/h4,7,12H,5-6,11H2,1-3H3. The van der Waals surface area contributed by atoms with Crippen LogP contribution in [0.15, 0.2) is 11.0 Å². The second-order valence-corrected chi connectivity index (χ2v) is 6.84. The predicted octanol–water partition coefficient (Wildman–Crippen LogP) is 0.828. The number of nitrogens with two attached hydrogens (primary N) is 1. The van der Waals surface area contributed by atoms with Crippen molar-refractivity contribution in [2.24, 2.45) is 5.73 Å². The lowest BCUT2D eigenvalue weighted by Crippen LogP contribution is -2.35. The Labute approximate surface area is 106 Å². The molecule has 3 N–H and O–H groups in total. The molecule has 0 spiro atoms. The minimum absolute atomic E-state index is 0.259. The minimum Gasteiger partial charge on any atom is -0.383 e. The zero-order valence-electron chi connectivity index (χ0n) is 10.2. The van der Waals surface area contributed by atoms with Crippen molar-refractivity contribution in [2.75, 3.05) is 13.7 Å². The highest BCUT2D eigenvalue weighted by atomic mass is 32.2. The Hall–Kier alpha value is -0.470. The van der Waals surface area contributed by atoms with E-state index in [4.69, 9.17) is 10.5 Å². The summed E-state index contributed by atoms with van der Waals surface area (Å²) in [4.78, 5) is 1.93. The summed E-state index contributed by atoms with van der Waals surface area (Å²) in [5.74, 6) is 0. The van der Waals surface area contributed by atoms with Gasteiger partial charge in [0.15, 0.2) is 0 Å². The second kappa shape index (κ2) is 5.92. The molecule has 1 heterocycles. The first kappa shape index (κ1) is 14.6. The number of hydrogen-bond donors (Lipinski definition) is 2. The third kappa shape index (κ3) is 3.75. The number of methoxy groups -OCH3 is 1. The van der Waals surface area contributed by atoms with Crippen LogP contribution in [0.2, 0.25) is 0 Å². The van der Waals surface area contributed by atoms with E-state index < -0.39 is 10.0 Å². The van der Waals surface area contributed by atoms with Crippen molar-refractivity contribution in [1.82, 2.24) is 4.72 Å². The molecule has 1 aromatic heterocycles. The van der Waals surface area contributed by atoms with Gasteiger partial charge in [0.1, 0.15) is 0 Å². The Balaban J connectivity index is 2.92. The summed E-state index contributed by atoms with van der Waals surface area (Å²) in [5.41, 5.74) is 5.50. The number of ether oxygens (including phenoxy) is 1. The Morgan fingerprint density at radius 2 is 2.24 bits per heavy atom. The van der Waals surface area contributed by atoms with Gasteiger partial charge in [-0.2, -0.15) is 0 Å². The lowest BCUT2D eigenvalue weighted by atomic mass is 10.4. The number of hydrogen-bond acceptors (Lipinski definition) is 5. The molecule has 1 unspecified atom stereocenters. The molecule has 1 aromatic rings. The highest BCUT2D eigenvalue weighted by Gasteiger charge is 2.21. The molecule has 0 saturated heterocycles. The van der Waals surface area contributed by atoms with Crippen LogP contribution in [-0.4, -0.2) is 28.2 Å². The summed E-state index contributed by atoms with van der Waals surface area (Å²) in [6.45, 7) is 4.23. The van der Waals surface area contributed by atoms with Crippen LogP contribution in [0.3, 0.4) is 0 Å². The third-order valence-corrected chi connectivity index (χ3v) is 5.10. The fourth-order valence-electron chi connectivity index (χ4n) is 1.50. The first-order valence-corrected chi connectivity index (χ1v) is 7.51. The van der Waals surface area contributed by atoms with Gasteiger partial charge in [-0.3, -0.25) is 0 Å². The smallest absolute Gasteiger partial charge is 0.241 e. The van der Waals surface area contributed by atoms with Crippen LogP contribution in [0.4, 0.5) is 0 Å². The van der Waals surface area contributed by atoms with Crippen LogP contribution in [0.25, 0.3) is 0 Å². The van der Waals surface area contributed by atoms with Crippen molar-refractivity contribution >= 4 is 21.4 Å². The highest BCUT2D eigenvalue weighted by Crippen LogP contribution is 2.25. The molecule has 0 aliphatic carbocycles. The molecule has 17 heavy (non-hydrogen) atoms. The van der Waals surface area contributed by atoms with E-state index in [1.807, 2.05) is 0 Å². The lowest BCUT2D eigenvalue weighted by molar-refractivity contribution is 0.180. The number of rotatable bonds is 6. The molecule has 5 nitrogen and oxygen atoms in total. The zero-order chi connectivity index (χ0) is 13.1. The maximum Gasteiger partial charge on any atom is 0.241 e.